The first-order valence-corrected chi connectivity index (χ1v) is 15.0. The number of ether oxygens (including phenoxy) is 2. The predicted octanol–water partition coefficient (Wildman–Crippen LogP) is -1.71. The van der Waals surface area contributed by atoms with Crippen LogP contribution in [0.5, 0.6) is 0 Å². The van der Waals surface area contributed by atoms with Gasteiger partial charge in [0, 0.05) is 12.7 Å². The lowest BCUT2D eigenvalue weighted by atomic mass is 10.2. The quantitative estimate of drug-likeness (QED) is 0.0408. The fourth-order valence-electron chi connectivity index (χ4n) is 2.88. The van der Waals surface area contributed by atoms with E-state index >= 15 is 0 Å². The smallest absolute Gasteiger partial charge is 0.382 e. The summed E-state index contributed by atoms with van der Waals surface area (Å²) >= 11 is 0. The van der Waals surface area contributed by atoms with E-state index in [9.17, 15) is 33.1 Å². The van der Waals surface area contributed by atoms with E-state index in [1.807, 2.05) is 0 Å². The van der Waals surface area contributed by atoms with Crippen molar-refractivity contribution < 1.29 is 60.7 Å². The molecule has 0 spiro atoms. The molecule has 0 aromatic carbocycles. The van der Waals surface area contributed by atoms with E-state index < -0.39 is 54.3 Å². The largest absolute Gasteiger partial charge is 0.490 e. The van der Waals surface area contributed by atoms with Gasteiger partial charge in [0.2, 0.25) is 0 Å². The molecule has 38 heavy (non-hydrogen) atoms. The minimum absolute atomic E-state index is 0.000820. The van der Waals surface area contributed by atoms with Crippen molar-refractivity contribution in [2.45, 2.75) is 31.3 Å². The van der Waals surface area contributed by atoms with Crippen molar-refractivity contribution >= 4 is 35.6 Å². The summed E-state index contributed by atoms with van der Waals surface area (Å²) in [5.41, 5.74) is 10.5. The van der Waals surface area contributed by atoms with Crippen LogP contribution in [0.1, 0.15) is 24.6 Å². The summed E-state index contributed by atoms with van der Waals surface area (Å²) in [7, 11) is -16.5. The lowest BCUT2D eigenvalue weighted by Gasteiger charge is -2.19. The zero-order valence-electron chi connectivity index (χ0n) is 19.4. The van der Waals surface area contributed by atoms with Gasteiger partial charge in [-0.1, -0.05) is 11.8 Å². The third-order valence-corrected chi connectivity index (χ3v) is 8.19. The van der Waals surface area contributed by atoms with Crippen molar-refractivity contribution in [3.63, 3.8) is 0 Å². The first-order chi connectivity index (χ1) is 17.6. The molecule has 2 heterocycles. The number of anilines is 1. The normalized spacial score (nSPS) is 21.6. The number of rotatable bonds is 14. The molecule has 1 aliphatic heterocycles. The Kier molecular flexibility index (Phi) is 11.9. The first kappa shape index (κ1) is 32.4. The summed E-state index contributed by atoms with van der Waals surface area (Å²) in [6.07, 6.45) is -0.311. The molecule has 0 amide bonds. The molecule has 19 nitrogen and oxygen atoms in total. The Morgan fingerprint density at radius 1 is 1.24 bits per heavy atom. The molecule has 0 aliphatic carbocycles. The molecule has 0 bridgehead atoms. The van der Waals surface area contributed by atoms with E-state index in [0.717, 1.165) is 4.57 Å². The van der Waals surface area contributed by atoms with Gasteiger partial charge in [-0.3, -0.25) is 14.4 Å². The van der Waals surface area contributed by atoms with Gasteiger partial charge in [0.1, 0.15) is 24.8 Å². The Balaban J connectivity index is 1.93. The Hall–Kier alpha value is -1.84. The van der Waals surface area contributed by atoms with Gasteiger partial charge in [0.25, 0.3) is 0 Å². The topological polar surface area (TPSA) is 294 Å². The predicted molar refractivity (Wildman–Crippen MR) is 126 cm³/mol. The number of aldehydes is 1. The van der Waals surface area contributed by atoms with Crippen LogP contribution in [0.2, 0.25) is 0 Å². The molecule has 0 radical (unpaired) electrons. The molecule has 9 N–H and O–H groups in total. The van der Waals surface area contributed by atoms with E-state index in [0.29, 0.717) is 12.8 Å². The van der Waals surface area contributed by atoms with Gasteiger partial charge in [0.05, 0.1) is 24.9 Å². The summed E-state index contributed by atoms with van der Waals surface area (Å²) in [5.74, 6) is 5.25. The number of nitrogen functional groups attached to an aromatic ring is 1. The highest BCUT2D eigenvalue weighted by atomic mass is 31.3. The van der Waals surface area contributed by atoms with Gasteiger partial charge in [-0.25, -0.2) is 18.5 Å². The Bertz CT molecular complexity index is 1240. The number of nitrogens with zero attached hydrogens (tertiary/aromatic N) is 2. The molecule has 22 heteroatoms. The standard InChI is InChI=1S/C16H26N5O14P3/c17-13(9-22)19-5-7-31-6-1-2-11-8-21(16(23)20-15(11)18)14-4-3-12(33-14)10-32-37(27,28)35-38(29,30)34-36(24,25)26/h8-9,12-14,19H,3-7,10,17H2,(H,27,28)(H,29,30)(H2,18,20,23)(H2,24,25,26)/t12-,13?,14+/m0/s1. The van der Waals surface area contributed by atoms with E-state index in [-0.39, 0.29) is 37.4 Å². The summed E-state index contributed by atoms with van der Waals surface area (Å²) in [6.45, 7) is -0.118. The molecule has 1 aromatic heterocycles. The maximum Gasteiger partial charge on any atom is 0.490 e. The second-order valence-corrected chi connectivity index (χ2v) is 11.8. The molecule has 1 saturated heterocycles. The van der Waals surface area contributed by atoms with E-state index in [1.165, 1.54) is 6.20 Å². The average Bonchev–Trinajstić information content (AvgIpc) is 3.24. The minimum Gasteiger partial charge on any atom is -0.382 e. The lowest BCUT2D eigenvalue weighted by Crippen LogP contribution is -2.40. The molecule has 1 fully saturated rings. The fourth-order valence-corrected chi connectivity index (χ4v) is 5.93. The highest BCUT2D eigenvalue weighted by molar-refractivity contribution is 7.66. The van der Waals surface area contributed by atoms with Crippen LogP contribution in [-0.4, -0.2) is 74.0 Å². The SMILES string of the molecule is Nc1nc(=O)n([C@H]2CC[C@@H](COP(=O)(O)OP(=O)(O)OP(=O)(O)O)O2)cc1C#CCOCCNC(N)C=O. The summed E-state index contributed by atoms with van der Waals surface area (Å²) < 4.78 is 57.6. The lowest BCUT2D eigenvalue weighted by molar-refractivity contribution is -0.109. The van der Waals surface area contributed by atoms with E-state index in [1.54, 1.807) is 0 Å². The van der Waals surface area contributed by atoms with Gasteiger partial charge in [-0.2, -0.15) is 13.6 Å². The van der Waals surface area contributed by atoms with Crippen LogP contribution in [0, 0.1) is 11.8 Å². The minimum atomic E-state index is -5.65. The molecular weight excluding hydrogens is 579 g/mol. The fraction of sp³-hybridized carbons (Fsp3) is 0.562. The van der Waals surface area contributed by atoms with Crippen molar-refractivity contribution in [1.82, 2.24) is 14.9 Å². The maximum atomic E-state index is 12.3. The number of phosphoric ester groups is 1. The highest BCUT2D eigenvalue weighted by Crippen LogP contribution is 2.66. The van der Waals surface area contributed by atoms with Crippen molar-refractivity contribution in [1.29, 1.82) is 0 Å². The Labute approximate surface area is 214 Å². The number of hydrogen-bond acceptors (Lipinski definition) is 14. The zero-order valence-corrected chi connectivity index (χ0v) is 22.1. The Morgan fingerprint density at radius 2 is 1.95 bits per heavy atom. The molecule has 2 rings (SSSR count). The van der Waals surface area contributed by atoms with Crippen LogP contribution in [0.25, 0.3) is 0 Å². The van der Waals surface area contributed by atoms with E-state index in [4.69, 9.17) is 30.7 Å². The number of hydrogen-bond donors (Lipinski definition) is 7. The van der Waals surface area contributed by atoms with Gasteiger partial charge < -0.3 is 45.3 Å². The van der Waals surface area contributed by atoms with Crippen LogP contribution >= 0.6 is 23.5 Å². The Morgan fingerprint density at radius 3 is 2.61 bits per heavy atom. The van der Waals surface area contributed by atoms with Gasteiger partial charge in [-0.05, 0) is 12.8 Å². The van der Waals surface area contributed by atoms with Crippen molar-refractivity contribution in [3.8, 4) is 11.8 Å². The number of nitrogens with two attached hydrogens (primary N) is 2. The molecule has 1 aliphatic rings. The third kappa shape index (κ3) is 11.5. The average molecular weight is 605 g/mol. The van der Waals surface area contributed by atoms with Gasteiger partial charge in [0.15, 0.2) is 6.29 Å². The van der Waals surface area contributed by atoms with Crippen LogP contribution in [0.15, 0.2) is 11.0 Å². The number of phosphoric acid groups is 3. The third-order valence-electron chi connectivity index (χ3n) is 4.39. The number of carbonyl (C=O) groups is 1. The molecule has 1 aromatic rings. The molecular formula is C16H26N5O14P3. The molecule has 5 atom stereocenters. The monoisotopic (exact) mass is 605 g/mol. The van der Waals surface area contributed by atoms with Crippen molar-refractivity contribution in [2.75, 3.05) is 32.1 Å². The van der Waals surface area contributed by atoms with Crippen LogP contribution in [-0.2, 0) is 41.1 Å². The first-order valence-electron chi connectivity index (χ1n) is 10.4. The van der Waals surface area contributed by atoms with Crippen LogP contribution in [0.3, 0.4) is 0 Å². The van der Waals surface area contributed by atoms with Crippen molar-refractivity contribution in [2.24, 2.45) is 5.73 Å². The highest BCUT2D eigenvalue weighted by Gasteiger charge is 2.41. The summed E-state index contributed by atoms with van der Waals surface area (Å²) in [4.78, 5) is 62.2. The summed E-state index contributed by atoms with van der Waals surface area (Å²) in [5, 5.41) is 2.69. The van der Waals surface area contributed by atoms with Crippen LogP contribution in [0.4, 0.5) is 5.82 Å². The van der Waals surface area contributed by atoms with Gasteiger partial charge >= 0.3 is 29.2 Å². The van der Waals surface area contributed by atoms with Gasteiger partial charge in [-0.15, -0.1) is 0 Å². The van der Waals surface area contributed by atoms with Crippen molar-refractivity contribution in [3.05, 3.63) is 22.2 Å². The second kappa shape index (κ2) is 14.0. The molecule has 214 valence electrons. The summed E-state index contributed by atoms with van der Waals surface area (Å²) in [6, 6.07) is 0. The number of carbonyl (C=O) groups excluding carboxylic acids is 1. The molecule has 3 unspecified atom stereocenters. The maximum absolute atomic E-state index is 12.3. The zero-order chi connectivity index (χ0) is 28.6. The van der Waals surface area contributed by atoms with E-state index in [2.05, 4.69) is 35.3 Å². The number of nitrogens with one attached hydrogen (secondary N) is 1. The number of aromatic nitrogens is 2. The molecule has 0 saturated carbocycles. The second-order valence-electron chi connectivity index (χ2n) is 7.38. The van der Waals surface area contributed by atoms with Crippen LogP contribution < -0.4 is 22.5 Å².